The Morgan fingerprint density at radius 1 is 1.06 bits per heavy atom. The summed E-state index contributed by atoms with van der Waals surface area (Å²) in [6.45, 7) is 1.69. The number of aromatic nitrogens is 5. The molecule has 4 aromatic rings. The quantitative estimate of drug-likeness (QED) is 0.397. The predicted octanol–water partition coefficient (Wildman–Crippen LogP) is 3.02. The molecule has 1 aliphatic heterocycles. The number of ether oxygens (including phenoxy) is 1. The van der Waals surface area contributed by atoms with Crippen molar-refractivity contribution in [1.82, 2.24) is 24.5 Å². The number of hydrogen-bond donors (Lipinski definition) is 2. The first kappa shape index (κ1) is 23.5. The molecule has 5 rings (SSSR count). The summed E-state index contributed by atoms with van der Waals surface area (Å²) in [6, 6.07) is 14.9. The van der Waals surface area contributed by atoms with Crippen LogP contribution in [-0.2, 0) is 11.8 Å². The van der Waals surface area contributed by atoms with Gasteiger partial charge in [-0.3, -0.25) is 14.3 Å². The van der Waals surface area contributed by atoms with E-state index in [4.69, 9.17) is 21.9 Å². The predicted molar refractivity (Wildman–Crippen MR) is 142 cm³/mol. The van der Waals surface area contributed by atoms with Crippen LogP contribution in [0.1, 0.15) is 11.7 Å². The molecule has 10 nitrogen and oxygen atoms in total. The van der Waals surface area contributed by atoms with E-state index in [9.17, 15) is 4.79 Å². The van der Waals surface area contributed by atoms with Crippen molar-refractivity contribution in [2.75, 3.05) is 35.2 Å². The minimum absolute atomic E-state index is 0.150. The summed E-state index contributed by atoms with van der Waals surface area (Å²) in [4.78, 5) is 31.7. The van der Waals surface area contributed by atoms with Crippen molar-refractivity contribution in [3.8, 4) is 11.4 Å². The van der Waals surface area contributed by atoms with Gasteiger partial charge in [-0.15, -0.1) is 0 Å². The second kappa shape index (κ2) is 10.6. The number of anilines is 3. The van der Waals surface area contributed by atoms with Crippen molar-refractivity contribution in [3.63, 3.8) is 0 Å². The monoisotopic (exact) mass is 500 g/mol. The minimum atomic E-state index is -0.173. The van der Waals surface area contributed by atoms with Gasteiger partial charge in [0.25, 0.3) is 5.56 Å². The SMILES string of the molecule is Cn1c(N2CCO[C@@H](c3ccc(NC(=S)Nc4cccnc4)cc3)C2)nc(-c2ccncn2)cc1=O. The van der Waals surface area contributed by atoms with E-state index in [0.717, 1.165) is 16.9 Å². The van der Waals surface area contributed by atoms with Gasteiger partial charge in [0.05, 0.1) is 36.4 Å². The van der Waals surface area contributed by atoms with Crippen LogP contribution in [0.25, 0.3) is 11.4 Å². The molecular weight excluding hydrogens is 476 g/mol. The third kappa shape index (κ3) is 5.37. The van der Waals surface area contributed by atoms with Crippen LogP contribution in [0.15, 0.2) is 78.2 Å². The molecule has 0 unspecified atom stereocenters. The molecular formula is C25H24N8O2S. The van der Waals surface area contributed by atoms with Gasteiger partial charge in [-0.25, -0.2) is 15.0 Å². The second-order valence-electron chi connectivity index (χ2n) is 8.18. The Labute approximate surface area is 213 Å². The van der Waals surface area contributed by atoms with Crippen LogP contribution >= 0.6 is 12.2 Å². The molecule has 1 aliphatic rings. The van der Waals surface area contributed by atoms with Crippen molar-refractivity contribution in [1.29, 1.82) is 0 Å². The summed E-state index contributed by atoms with van der Waals surface area (Å²) in [5.41, 5.74) is 3.66. The summed E-state index contributed by atoms with van der Waals surface area (Å²) in [5.74, 6) is 0.578. The molecule has 0 amide bonds. The van der Waals surface area contributed by atoms with Crippen LogP contribution in [-0.4, -0.2) is 49.3 Å². The van der Waals surface area contributed by atoms with Crippen molar-refractivity contribution in [2.24, 2.45) is 7.05 Å². The third-order valence-electron chi connectivity index (χ3n) is 5.76. The lowest BCUT2D eigenvalue weighted by Gasteiger charge is -2.34. The zero-order chi connectivity index (χ0) is 24.9. The molecule has 182 valence electrons. The molecule has 2 N–H and O–H groups in total. The van der Waals surface area contributed by atoms with Crippen LogP contribution in [0.4, 0.5) is 17.3 Å². The molecule has 0 spiro atoms. The highest BCUT2D eigenvalue weighted by atomic mass is 32.1. The highest BCUT2D eigenvalue weighted by Crippen LogP contribution is 2.26. The van der Waals surface area contributed by atoms with E-state index in [2.05, 4.69) is 30.5 Å². The van der Waals surface area contributed by atoms with E-state index < -0.39 is 0 Å². The largest absolute Gasteiger partial charge is 0.370 e. The van der Waals surface area contributed by atoms with Gasteiger partial charge in [0.15, 0.2) is 5.11 Å². The van der Waals surface area contributed by atoms with E-state index in [1.165, 1.54) is 12.4 Å². The highest BCUT2D eigenvalue weighted by Gasteiger charge is 2.25. The van der Waals surface area contributed by atoms with E-state index in [1.54, 1.807) is 36.3 Å². The lowest BCUT2D eigenvalue weighted by Crippen LogP contribution is -2.41. The standard InChI is InChI=1S/C25H24N8O2S/c1-32-23(34)13-21(20-8-10-27-16-28-20)31-25(32)33-11-12-35-22(15-33)17-4-6-18(7-5-17)29-24(36)30-19-3-2-9-26-14-19/h2-10,13-14,16,22H,11-12,15H2,1H3,(H2,29,30,36)/t22-/m1/s1. The van der Waals surface area contributed by atoms with Crippen LogP contribution in [0, 0.1) is 0 Å². The maximum absolute atomic E-state index is 12.7. The van der Waals surface area contributed by atoms with Gasteiger partial charge >= 0.3 is 0 Å². The zero-order valence-electron chi connectivity index (χ0n) is 19.5. The summed E-state index contributed by atoms with van der Waals surface area (Å²) >= 11 is 5.39. The number of nitrogens with zero attached hydrogens (tertiary/aromatic N) is 6. The fourth-order valence-electron chi connectivity index (χ4n) is 3.93. The average molecular weight is 501 g/mol. The molecule has 0 saturated carbocycles. The Morgan fingerprint density at radius 2 is 1.89 bits per heavy atom. The van der Waals surface area contributed by atoms with Crippen molar-refractivity contribution in [2.45, 2.75) is 6.10 Å². The summed E-state index contributed by atoms with van der Waals surface area (Å²) in [6.07, 6.45) is 6.31. The van der Waals surface area contributed by atoms with E-state index in [1.807, 2.05) is 36.4 Å². The van der Waals surface area contributed by atoms with Crippen molar-refractivity contribution < 1.29 is 4.74 Å². The molecule has 1 atom stereocenters. The lowest BCUT2D eigenvalue weighted by molar-refractivity contribution is 0.0390. The number of pyridine rings is 1. The second-order valence-corrected chi connectivity index (χ2v) is 8.59. The minimum Gasteiger partial charge on any atom is -0.370 e. The van der Waals surface area contributed by atoms with Gasteiger partial charge in [0.1, 0.15) is 12.4 Å². The van der Waals surface area contributed by atoms with E-state index in [0.29, 0.717) is 42.1 Å². The Morgan fingerprint density at radius 3 is 2.64 bits per heavy atom. The maximum atomic E-state index is 12.7. The van der Waals surface area contributed by atoms with Gasteiger partial charge in [-0.2, -0.15) is 0 Å². The molecule has 1 saturated heterocycles. The van der Waals surface area contributed by atoms with Gasteiger partial charge < -0.3 is 20.3 Å². The number of benzene rings is 1. The molecule has 36 heavy (non-hydrogen) atoms. The first-order valence-electron chi connectivity index (χ1n) is 11.4. The highest BCUT2D eigenvalue weighted by molar-refractivity contribution is 7.80. The lowest BCUT2D eigenvalue weighted by atomic mass is 10.1. The van der Waals surface area contributed by atoms with Gasteiger partial charge in [0, 0.05) is 37.7 Å². The molecule has 11 heteroatoms. The number of hydrogen-bond acceptors (Lipinski definition) is 8. The summed E-state index contributed by atoms with van der Waals surface area (Å²) < 4.78 is 7.61. The summed E-state index contributed by atoms with van der Waals surface area (Å²) in [5, 5.41) is 6.75. The third-order valence-corrected chi connectivity index (χ3v) is 5.97. The molecule has 4 heterocycles. The maximum Gasteiger partial charge on any atom is 0.255 e. The first-order chi connectivity index (χ1) is 17.6. The van der Waals surface area contributed by atoms with Crippen molar-refractivity contribution in [3.05, 3.63) is 89.4 Å². The molecule has 1 aromatic carbocycles. The smallest absolute Gasteiger partial charge is 0.255 e. The van der Waals surface area contributed by atoms with E-state index in [-0.39, 0.29) is 11.7 Å². The van der Waals surface area contributed by atoms with Crippen molar-refractivity contribution >= 4 is 34.7 Å². The Bertz CT molecular complexity index is 1400. The Hall–Kier alpha value is -4.22. The molecule has 0 bridgehead atoms. The molecule has 0 radical (unpaired) electrons. The molecule has 1 fully saturated rings. The fourth-order valence-corrected chi connectivity index (χ4v) is 4.16. The summed E-state index contributed by atoms with van der Waals surface area (Å²) in [7, 11) is 1.72. The zero-order valence-corrected chi connectivity index (χ0v) is 20.4. The fraction of sp³-hybridized carbons (Fsp3) is 0.200. The van der Waals surface area contributed by atoms with Gasteiger partial charge in [-0.1, -0.05) is 12.1 Å². The first-order valence-corrected chi connectivity index (χ1v) is 11.8. The van der Waals surface area contributed by atoms with E-state index >= 15 is 0 Å². The molecule has 3 aromatic heterocycles. The van der Waals surface area contributed by atoms with Crippen LogP contribution in [0.3, 0.4) is 0 Å². The van der Waals surface area contributed by atoms with Gasteiger partial charge in [0.2, 0.25) is 5.95 Å². The topological polar surface area (TPSA) is 110 Å². The number of nitrogens with one attached hydrogen (secondary N) is 2. The number of morpholine rings is 1. The van der Waals surface area contributed by atoms with Crippen LogP contribution in [0.5, 0.6) is 0 Å². The number of rotatable bonds is 5. The van der Waals surface area contributed by atoms with Crippen LogP contribution < -0.4 is 21.1 Å². The van der Waals surface area contributed by atoms with Gasteiger partial charge in [-0.05, 0) is 48.1 Å². The average Bonchev–Trinajstić information content (AvgIpc) is 2.91. The Balaban J connectivity index is 1.29. The Kier molecular flexibility index (Phi) is 6.92. The normalized spacial score (nSPS) is 15.4. The molecule has 0 aliphatic carbocycles. The number of thiocarbonyl (C=S) groups is 1. The van der Waals surface area contributed by atoms with Crippen LogP contribution in [0.2, 0.25) is 0 Å².